The molecule has 0 fully saturated rings. The Morgan fingerprint density at radius 1 is 1.00 bits per heavy atom. The summed E-state index contributed by atoms with van der Waals surface area (Å²) in [5, 5.41) is 10.5. The second-order valence-electron chi connectivity index (χ2n) is 4.33. The van der Waals surface area contributed by atoms with E-state index in [1.54, 1.807) is 18.2 Å². The summed E-state index contributed by atoms with van der Waals surface area (Å²) in [6.45, 7) is 0. The van der Waals surface area contributed by atoms with Crippen molar-refractivity contribution in [3.8, 4) is 11.5 Å². The number of methoxy groups -OCH3 is 2. The number of halogens is 3. The Morgan fingerprint density at radius 2 is 1.67 bits per heavy atom. The zero-order valence-corrected chi connectivity index (χ0v) is 14.5. The number of aliphatic hydroxyl groups excluding tert-OH is 1. The Kier molecular flexibility index (Phi) is 5.24. The third-order valence-electron chi connectivity index (χ3n) is 3.00. The fourth-order valence-electron chi connectivity index (χ4n) is 2.01. The highest BCUT2D eigenvalue weighted by Gasteiger charge is 2.19. The zero-order chi connectivity index (χ0) is 15.6. The molecule has 0 spiro atoms. The number of ether oxygens (including phenoxy) is 2. The van der Waals surface area contributed by atoms with Crippen molar-refractivity contribution in [2.45, 2.75) is 6.10 Å². The van der Waals surface area contributed by atoms with E-state index < -0.39 is 11.9 Å². The highest BCUT2D eigenvalue weighted by atomic mass is 79.9. The monoisotopic (exact) mass is 418 g/mol. The molecule has 0 heterocycles. The van der Waals surface area contributed by atoms with Gasteiger partial charge in [-0.2, -0.15) is 0 Å². The van der Waals surface area contributed by atoms with E-state index in [0.29, 0.717) is 31.6 Å². The molecular formula is C15H13Br2FO3. The van der Waals surface area contributed by atoms with Crippen LogP contribution in [0.5, 0.6) is 11.5 Å². The summed E-state index contributed by atoms with van der Waals surface area (Å²) in [4.78, 5) is 0. The van der Waals surface area contributed by atoms with Gasteiger partial charge in [0, 0.05) is 10.0 Å². The predicted octanol–water partition coefficient (Wildman–Crippen LogP) is 4.45. The molecule has 21 heavy (non-hydrogen) atoms. The molecule has 2 aromatic carbocycles. The molecule has 0 bridgehead atoms. The molecule has 0 saturated carbocycles. The van der Waals surface area contributed by atoms with Gasteiger partial charge in [-0.25, -0.2) is 4.39 Å². The first-order chi connectivity index (χ1) is 9.96. The molecule has 1 unspecified atom stereocenters. The van der Waals surface area contributed by atoms with E-state index in [4.69, 9.17) is 9.47 Å². The molecule has 1 atom stereocenters. The molecule has 0 aliphatic carbocycles. The van der Waals surface area contributed by atoms with Gasteiger partial charge in [0.15, 0.2) is 0 Å². The van der Waals surface area contributed by atoms with Gasteiger partial charge in [-0.15, -0.1) is 0 Å². The third-order valence-corrected chi connectivity index (χ3v) is 4.08. The summed E-state index contributed by atoms with van der Waals surface area (Å²) in [6.07, 6.45) is -1.03. The minimum absolute atomic E-state index is 0.421. The Hall–Kier alpha value is -1.11. The van der Waals surface area contributed by atoms with Crippen LogP contribution >= 0.6 is 31.9 Å². The SMILES string of the molecule is COc1cc(C(O)c2cc(F)cc(Br)c2)c(OC)cc1Br. The van der Waals surface area contributed by atoms with Crippen molar-refractivity contribution in [3.63, 3.8) is 0 Å². The lowest BCUT2D eigenvalue weighted by Crippen LogP contribution is -2.04. The van der Waals surface area contributed by atoms with Crippen LogP contribution in [0.1, 0.15) is 17.2 Å². The highest BCUT2D eigenvalue weighted by Crippen LogP contribution is 2.38. The lowest BCUT2D eigenvalue weighted by molar-refractivity contribution is 0.213. The van der Waals surface area contributed by atoms with Crippen molar-refractivity contribution in [3.05, 3.63) is 56.2 Å². The maximum Gasteiger partial charge on any atom is 0.133 e. The Morgan fingerprint density at radius 3 is 2.24 bits per heavy atom. The molecule has 0 aliphatic heterocycles. The van der Waals surface area contributed by atoms with Crippen LogP contribution in [-0.2, 0) is 0 Å². The van der Waals surface area contributed by atoms with Gasteiger partial charge in [-0.3, -0.25) is 0 Å². The number of aliphatic hydroxyl groups is 1. The average molecular weight is 420 g/mol. The molecule has 0 amide bonds. The summed E-state index contributed by atoms with van der Waals surface area (Å²) in [5.74, 6) is 0.609. The molecule has 0 saturated heterocycles. The summed E-state index contributed by atoms with van der Waals surface area (Å²) >= 11 is 6.57. The standard InChI is InChI=1S/C15H13Br2FO3/c1-20-13-7-12(17)14(21-2)6-11(13)15(19)8-3-9(16)5-10(18)4-8/h3-7,15,19H,1-2H3. The minimum Gasteiger partial charge on any atom is -0.496 e. The lowest BCUT2D eigenvalue weighted by atomic mass is 10.0. The quantitative estimate of drug-likeness (QED) is 0.795. The van der Waals surface area contributed by atoms with Crippen molar-refractivity contribution in [1.29, 1.82) is 0 Å². The first-order valence-electron chi connectivity index (χ1n) is 6.01. The van der Waals surface area contributed by atoms with Gasteiger partial charge in [0.05, 0.1) is 18.7 Å². The van der Waals surface area contributed by atoms with E-state index in [2.05, 4.69) is 31.9 Å². The van der Waals surface area contributed by atoms with Gasteiger partial charge in [0.2, 0.25) is 0 Å². The minimum atomic E-state index is -1.03. The van der Waals surface area contributed by atoms with Crippen LogP contribution in [0.4, 0.5) is 4.39 Å². The summed E-state index contributed by atoms with van der Waals surface area (Å²) in [7, 11) is 3.04. The number of benzene rings is 2. The van der Waals surface area contributed by atoms with E-state index in [-0.39, 0.29) is 0 Å². The van der Waals surface area contributed by atoms with Crippen molar-refractivity contribution in [2.75, 3.05) is 14.2 Å². The molecule has 6 heteroatoms. The zero-order valence-electron chi connectivity index (χ0n) is 11.4. The van der Waals surface area contributed by atoms with Gasteiger partial charge < -0.3 is 14.6 Å². The van der Waals surface area contributed by atoms with Gasteiger partial charge in [-0.05, 0) is 51.8 Å². The van der Waals surface area contributed by atoms with Gasteiger partial charge in [0.25, 0.3) is 0 Å². The predicted molar refractivity (Wildman–Crippen MR) is 85.4 cm³/mol. The van der Waals surface area contributed by atoms with Crippen molar-refractivity contribution < 1.29 is 19.0 Å². The summed E-state index contributed by atoms with van der Waals surface area (Å²) in [6, 6.07) is 7.62. The van der Waals surface area contributed by atoms with E-state index in [0.717, 1.165) is 0 Å². The molecule has 0 radical (unpaired) electrons. The first kappa shape index (κ1) is 16.3. The van der Waals surface area contributed by atoms with Crippen LogP contribution < -0.4 is 9.47 Å². The van der Waals surface area contributed by atoms with Crippen LogP contribution in [0, 0.1) is 5.82 Å². The van der Waals surface area contributed by atoms with Crippen LogP contribution in [0.25, 0.3) is 0 Å². The normalized spacial score (nSPS) is 12.1. The molecule has 3 nitrogen and oxygen atoms in total. The third kappa shape index (κ3) is 3.56. The summed E-state index contributed by atoms with van der Waals surface area (Å²) in [5.41, 5.74) is 0.916. The Balaban J connectivity index is 2.53. The van der Waals surface area contributed by atoms with Crippen molar-refractivity contribution in [2.24, 2.45) is 0 Å². The molecule has 1 N–H and O–H groups in total. The molecule has 112 valence electrons. The van der Waals surface area contributed by atoms with Crippen LogP contribution in [0.3, 0.4) is 0 Å². The van der Waals surface area contributed by atoms with E-state index in [1.807, 2.05) is 0 Å². The maximum atomic E-state index is 13.5. The second kappa shape index (κ2) is 6.77. The van der Waals surface area contributed by atoms with E-state index >= 15 is 0 Å². The van der Waals surface area contributed by atoms with Gasteiger partial charge in [0.1, 0.15) is 23.4 Å². The van der Waals surface area contributed by atoms with Gasteiger partial charge in [-0.1, -0.05) is 15.9 Å². The largest absolute Gasteiger partial charge is 0.496 e. The maximum absolute atomic E-state index is 13.5. The lowest BCUT2D eigenvalue weighted by Gasteiger charge is -2.17. The van der Waals surface area contributed by atoms with E-state index in [1.165, 1.54) is 26.4 Å². The smallest absolute Gasteiger partial charge is 0.133 e. The number of hydrogen-bond acceptors (Lipinski definition) is 3. The number of hydrogen-bond donors (Lipinski definition) is 1. The summed E-state index contributed by atoms with van der Waals surface area (Å²) < 4.78 is 25.3. The van der Waals surface area contributed by atoms with Crippen molar-refractivity contribution >= 4 is 31.9 Å². The van der Waals surface area contributed by atoms with Crippen molar-refractivity contribution in [1.82, 2.24) is 0 Å². The van der Waals surface area contributed by atoms with Gasteiger partial charge >= 0.3 is 0 Å². The fourth-order valence-corrected chi connectivity index (χ4v) is 2.98. The molecule has 0 aromatic heterocycles. The van der Waals surface area contributed by atoms with E-state index in [9.17, 15) is 9.50 Å². The number of rotatable bonds is 4. The topological polar surface area (TPSA) is 38.7 Å². The molecule has 2 aromatic rings. The van der Waals surface area contributed by atoms with Crippen LogP contribution in [-0.4, -0.2) is 19.3 Å². The van der Waals surface area contributed by atoms with Crippen LogP contribution in [0.15, 0.2) is 39.3 Å². The Bertz CT molecular complexity index is 641. The molecule has 2 rings (SSSR count). The molecular weight excluding hydrogens is 407 g/mol. The molecule has 0 aliphatic rings. The van der Waals surface area contributed by atoms with Crippen LogP contribution in [0.2, 0.25) is 0 Å². The second-order valence-corrected chi connectivity index (χ2v) is 6.10. The highest BCUT2D eigenvalue weighted by molar-refractivity contribution is 9.10. The first-order valence-corrected chi connectivity index (χ1v) is 7.60. The Labute approximate surface area is 139 Å². The average Bonchev–Trinajstić information content (AvgIpc) is 2.45. The fraction of sp³-hybridized carbons (Fsp3) is 0.200.